The van der Waals surface area contributed by atoms with E-state index >= 15 is 0 Å². The van der Waals surface area contributed by atoms with Gasteiger partial charge in [0.15, 0.2) is 0 Å². The molecule has 2 nitrogen and oxygen atoms in total. The van der Waals surface area contributed by atoms with Crippen molar-refractivity contribution in [3.63, 3.8) is 0 Å². The van der Waals surface area contributed by atoms with Gasteiger partial charge in [-0.2, -0.15) is 0 Å². The number of aliphatic carboxylic acids is 1. The van der Waals surface area contributed by atoms with Crippen LogP contribution in [0, 0.1) is 23.2 Å². The predicted molar refractivity (Wildman–Crippen MR) is 70.9 cm³/mol. The largest absolute Gasteiger partial charge is 0.481 e. The molecule has 0 aromatic rings. The quantitative estimate of drug-likeness (QED) is 0.776. The summed E-state index contributed by atoms with van der Waals surface area (Å²) in [5.74, 6) is 0.468. The Hall–Kier alpha value is -0.530. The normalized spacial score (nSPS) is 28.3. The monoisotopic (exact) mass is 240 g/mol. The maximum absolute atomic E-state index is 11.3. The molecule has 0 bridgehead atoms. The van der Waals surface area contributed by atoms with Crippen molar-refractivity contribution in [2.24, 2.45) is 23.2 Å². The molecule has 0 amide bonds. The van der Waals surface area contributed by atoms with Crippen LogP contribution in [0.1, 0.15) is 66.2 Å². The van der Waals surface area contributed by atoms with Crippen molar-refractivity contribution < 1.29 is 9.90 Å². The molecule has 2 atom stereocenters. The molecule has 0 aromatic heterocycles. The van der Waals surface area contributed by atoms with Gasteiger partial charge < -0.3 is 5.11 Å². The van der Waals surface area contributed by atoms with Crippen LogP contribution in [-0.2, 0) is 4.79 Å². The van der Waals surface area contributed by atoms with Gasteiger partial charge in [0, 0.05) is 0 Å². The number of rotatable bonds is 5. The van der Waals surface area contributed by atoms with Crippen LogP contribution in [0.15, 0.2) is 0 Å². The molecule has 2 unspecified atom stereocenters. The molecule has 0 heterocycles. The molecule has 1 fully saturated rings. The third-order valence-electron chi connectivity index (χ3n) is 4.19. The molecule has 1 aliphatic carbocycles. The summed E-state index contributed by atoms with van der Waals surface area (Å²) >= 11 is 0. The highest BCUT2D eigenvalue weighted by molar-refractivity contribution is 5.70. The van der Waals surface area contributed by atoms with Gasteiger partial charge in [-0.1, -0.05) is 40.5 Å². The number of hydrogen-bond acceptors (Lipinski definition) is 1. The first-order valence-corrected chi connectivity index (χ1v) is 7.04. The zero-order chi connectivity index (χ0) is 13.1. The Kier molecular flexibility index (Phi) is 5.03. The van der Waals surface area contributed by atoms with Gasteiger partial charge in [0.05, 0.1) is 5.92 Å². The molecule has 1 N–H and O–H groups in total. The smallest absolute Gasteiger partial charge is 0.306 e. The van der Waals surface area contributed by atoms with Crippen molar-refractivity contribution >= 4 is 5.97 Å². The molecule has 0 spiro atoms. The fraction of sp³-hybridized carbons (Fsp3) is 0.933. The maximum atomic E-state index is 11.3. The predicted octanol–water partition coefficient (Wildman–Crippen LogP) is 4.34. The first kappa shape index (κ1) is 14.5. The lowest BCUT2D eigenvalue weighted by Gasteiger charge is -2.39. The molecule has 0 aromatic carbocycles. The maximum Gasteiger partial charge on any atom is 0.306 e. The standard InChI is InChI=1S/C15H28O2/c1-11(2)6-5-7-12-10-15(3,4)9-8-13(12)14(16)17/h11-13H,5-10H2,1-4H3,(H,16,17). The molecule has 0 aliphatic heterocycles. The van der Waals surface area contributed by atoms with Crippen LogP contribution in [0.3, 0.4) is 0 Å². The van der Waals surface area contributed by atoms with Crippen molar-refractivity contribution in [3.8, 4) is 0 Å². The van der Waals surface area contributed by atoms with Crippen molar-refractivity contribution in [1.82, 2.24) is 0 Å². The number of carbonyl (C=O) groups is 1. The number of carboxylic acids is 1. The minimum Gasteiger partial charge on any atom is -0.481 e. The fourth-order valence-corrected chi connectivity index (χ4v) is 3.15. The van der Waals surface area contributed by atoms with Gasteiger partial charge in [0.1, 0.15) is 0 Å². The second-order valence-electron chi connectivity index (χ2n) is 6.94. The lowest BCUT2D eigenvalue weighted by Crippen LogP contribution is -2.34. The van der Waals surface area contributed by atoms with E-state index in [0.717, 1.165) is 31.6 Å². The summed E-state index contributed by atoms with van der Waals surface area (Å²) in [5.41, 5.74) is 0.342. The van der Waals surface area contributed by atoms with Crippen LogP contribution >= 0.6 is 0 Å². The molecule has 0 saturated heterocycles. The van der Waals surface area contributed by atoms with E-state index in [1.165, 1.54) is 12.8 Å². The molecular weight excluding hydrogens is 212 g/mol. The second-order valence-corrected chi connectivity index (χ2v) is 6.94. The van der Waals surface area contributed by atoms with Gasteiger partial charge in [0.2, 0.25) is 0 Å². The minimum absolute atomic E-state index is 0.0878. The highest BCUT2D eigenvalue weighted by Gasteiger charge is 2.37. The second kappa shape index (κ2) is 5.88. The Morgan fingerprint density at radius 1 is 1.41 bits per heavy atom. The lowest BCUT2D eigenvalue weighted by atomic mass is 9.66. The van der Waals surface area contributed by atoms with E-state index in [0.29, 0.717) is 11.3 Å². The van der Waals surface area contributed by atoms with Gasteiger partial charge in [-0.25, -0.2) is 0 Å². The van der Waals surface area contributed by atoms with Crippen LogP contribution in [-0.4, -0.2) is 11.1 Å². The van der Waals surface area contributed by atoms with Crippen LogP contribution in [0.2, 0.25) is 0 Å². The molecule has 17 heavy (non-hydrogen) atoms. The van der Waals surface area contributed by atoms with Gasteiger partial charge in [-0.15, -0.1) is 0 Å². The van der Waals surface area contributed by atoms with E-state index in [1.807, 2.05) is 0 Å². The van der Waals surface area contributed by atoms with E-state index in [1.54, 1.807) is 0 Å². The molecule has 100 valence electrons. The van der Waals surface area contributed by atoms with Crippen LogP contribution in [0.5, 0.6) is 0 Å². The molecular formula is C15H28O2. The van der Waals surface area contributed by atoms with Crippen molar-refractivity contribution in [3.05, 3.63) is 0 Å². The first-order valence-electron chi connectivity index (χ1n) is 7.04. The Morgan fingerprint density at radius 2 is 2.06 bits per heavy atom. The summed E-state index contributed by atoms with van der Waals surface area (Å²) in [6, 6.07) is 0. The van der Waals surface area contributed by atoms with Crippen molar-refractivity contribution in [2.45, 2.75) is 66.2 Å². The van der Waals surface area contributed by atoms with E-state index in [-0.39, 0.29) is 5.92 Å². The first-order chi connectivity index (χ1) is 7.82. The van der Waals surface area contributed by atoms with Crippen LogP contribution < -0.4 is 0 Å². The molecule has 1 rings (SSSR count). The average molecular weight is 240 g/mol. The average Bonchev–Trinajstić information content (AvgIpc) is 2.15. The fourth-order valence-electron chi connectivity index (χ4n) is 3.15. The Morgan fingerprint density at radius 3 is 2.59 bits per heavy atom. The topological polar surface area (TPSA) is 37.3 Å². The summed E-state index contributed by atoms with van der Waals surface area (Å²) in [4.78, 5) is 11.3. The number of carboxylic acid groups (broad SMARTS) is 1. The van der Waals surface area contributed by atoms with Gasteiger partial charge in [0.25, 0.3) is 0 Å². The highest BCUT2D eigenvalue weighted by Crippen LogP contribution is 2.44. The summed E-state index contributed by atoms with van der Waals surface area (Å²) < 4.78 is 0. The van der Waals surface area contributed by atoms with Gasteiger partial charge >= 0.3 is 5.97 Å². The summed E-state index contributed by atoms with van der Waals surface area (Å²) in [6.07, 6.45) is 6.52. The SMILES string of the molecule is CC(C)CCCC1CC(C)(C)CCC1C(=O)O. The molecule has 0 radical (unpaired) electrons. The lowest BCUT2D eigenvalue weighted by molar-refractivity contribution is -0.146. The Bertz CT molecular complexity index is 256. The van der Waals surface area contributed by atoms with Crippen LogP contribution in [0.4, 0.5) is 0 Å². The number of hydrogen-bond donors (Lipinski definition) is 1. The third-order valence-corrected chi connectivity index (χ3v) is 4.19. The molecule has 1 aliphatic rings. The zero-order valence-electron chi connectivity index (χ0n) is 11.8. The van der Waals surface area contributed by atoms with Crippen molar-refractivity contribution in [1.29, 1.82) is 0 Å². The highest BCUT2D eigenvalue weighted by atomic mass is 16.4. The third kappa shape index (κ3) is 4.69. The Labute approximate surface area is 106 Å². The Balaban J connectivity index is 2.52. The van der Waals surface area contributed by atoms with E-state index in [4.69, 9.17) is 0 Å². The summed E-state index contributed by atoms with van der Waals surface area (Å²) in [6.45, 7) is 9.03. The zero-order valence-corrected chi connectivity index (χ0v) is 11.8. The molecule has 1 saturated carbocycles. The van der Waals surface area contributed by atoms with E-state index < -0.39 is 5.97 Å². The van der Waals surface area contributed by atoms with Gasteiger partial charge in [-0.3, -0.25) is 4.79 Å². The van der Waals surface area contributed by atoms with E-state index in [2.05, 4.69) is 27.7 Å². The van der Waals surface area contributed by atoms with Gasteiger partial charge in [-0.05, 0) is 42.9 Å². The van der Waals surface area contributed by atoms with Crippen LogP contribution in [0.25, 0.3) is 0 Å². The summed E-state index contributed by atoms with van der Waals surface area (Å²) in [5, 5.41) is 9.29. The van der Waals surface area contributed by atoms with E-state index in [9.17, 15) is 9.90 Å². The molecule has 2 heteroatoms. The van der Waals surface area contributed by atoms with Crippen molar-refractivity contribution in [2.75, 3.05) is 0 Å². The summed E-state index contributed by atoms with van der Waals surface area (Å²) in [7, 11) is 0. The minimum atomic E-state index is -0.574.